The Kier molecular flexibility index (Phi) is 14.4. The van der Waals surface area contributed by atoms with Crippen LogP contribution in [0, 0.1) is 6.42 Å². The van der Waals surface area contributed by atoms with Gasteiger partial charge in [0.25, 0.3) is 0 Å². The molecule has 0 saturated heterocycles. The summed E-state index contributed by atoms with van der Waals surface area (Å²) in [7, 11) is 0. The summed E-state index contributed by atoms with van der Waals surface area (Å²) in [5, 5.41) is 0. The van der Waals surface area contributed by atoms with E-state index in [1.54, 1.807) is 0 Å². The molecule has 0 aliphatic rings. The van der Waals surface area contributed by atoms with Crippen LogP contribution in [0.25, 0.3) is 0 Å². The van der Waals surface area contributed by atoms with Crippen LogP contribution in [-0.2, 0) is 0 Å². The van der Waals surface area contributed by atoms with Gasteiger partial charge in [0.1, 0.15) is 0 Å². The average molecular weight is 233 g/mol. The molecule has 0 aliphatic carbocycles. The van der Waals surface area contributed by atoms with Crippen molar-refractivity contribution in [1.82, 2.24) is 0 Å². The molecule has 0 bridgehead atoms. The Bertz CT molecular complexity index is 82.3. The highest BCUT2D eigenvalue weighted by molar-refractivity contribution is 7.99. The van der Waals surface area contributed by atoms with E-state index >= 15 is 0 Å². The second kappa shape index (κ2) is 13.7. The molecule has 1 radical (unpaired) electrons. The summed E-state index contributed by atoms with van der Waals surface area (Å²) in [6.45, 7) is 4.47. The Balaban J connectivity index is 2.78. The van der Waals surface area contributed by atoms with Crippen LogP contribution in [0.15, 0.2) is 0 Å². The molecule has 0 aromatic rings. The fraction of sp³-hybridized carbons (Fsp3) is 0.917. The van der Waals surface area contributed by atoms with E-state index in [0.717, 1.165) is 0 Å². The molecule has 0 saturated carbocycles. The van der Waals surface area contributed by atoms with Crippen molar-refractivity contribution in [2.24, 2.45) is 0 Å². The van der Waals surface area contributed by atoms with Crippen LogP contribution in [0.3, 0.4) is 0 Å². The summed E-state index contributed by atoms with van der Waals surface area (Å²) in [6.07, 6.45) is 9.35. The van der Waals surface area contributed by atoms with Crippen LogP contribution in [-0.4, -0.2) is 23.0 Å². The van der Waals surface area contributed by atoms with Gasteiger partial charge in [-0.15, -0.1) is 0 Å². The lowest BCUT2D eigenvalue weighted by Gasteiger charge is -2.01. The van der Waals surface area contributed by atoms with Crippen LogP contribution in [0.1, 0.15) is 46.0 Å². The highest BCUT2D eigenvalue weighted by Crippen LogP contribution is 2.10. The lowest BCUT2D eigenvalue weighted by Crippen LogP contribution is -1.85. The smallest absolute Gasteiger partial charge is 0.00649 e. The van der Waals surface area contributed by atoms with Gasteiger partial charge in [0.05, 0.1) is 0 Å². The molecule has 0 aromatic carbocycles. The van der Waals surface area contributed by atoms with Crippen molar-refractivity contribution < 1.29 is 0 Å². The van der Waals surface area contributed by atoms with Gasteiger partial charge in [-0.05, 0) is 42.3 Å². The van der Waals surface area contributed by atoms with Gasteiger partial charge in [-0.2, -0.15) is 23.5 Å². The van der Waals surface area contributed by atoms with Crippen LogP contribution < -0.4 is 0 Å². The van der Waals surface area contributed by atoms with E-state index in [2.05, 4.69) is 32.0 Å². The largest absolute Gasteiger partial charge is 0.162 e. The monoisotopic (exact) mass is 233 g/mol. The van der Waals surface area contributed by atoms with E-state index in [-0.39, 0.29) is 0 Å². The highest BCUT2D eigenvalue weighted by atomic mass is 32.2. The topological polar surface area (TPSA) is 0 Å². The van der Waals surface area contributed by atoms with E-state index in [0.29, 0.717) is 0 Å². The Morgan fingerprint density at radius 2 is 1.50 bits per heavy atom. The minimum Gasteiger partial charge on any atom is -0.162 e. The van der Waals surface area contributed by atoms with Gasteiger partial charge >= 0.3 is 0 Å². The Morgan fingerprint density at radius 3 is 2.21 bits per heavy atom. The first-order chi connectivity index (χ1) is 6.91. The number of hydrogen-bond acceptors (Lipinski definition) is 2. The summed E-state index contributed by atoms with van der Waals surface area (Å²) >= 11 is 4.12. The lowest BCUT2D eigenvalue weighted by molar-refractivity contribution is 0.704. The molecule has 0 unspecified atom stereocenters. The van der Waals surface area contributed by atoms with Gasteiger partial charge < -0.3 is 0 Å². The molecule has 0 heterocycles. The molecule has 0 aromatic heterocycles. The molecule has 0 rings (SSSR count). The zero-order valence-electron chi connectivity index (χ0n) is 9.76. The van der Waals surface area contributed by atoms with Crippen molar-refractivity contribution in [1.29, 1.82) is 0 Å². The molecule has 14 heavy (non-hydrogen) atoms. The van der Waals surface area contributed by atoms with Gasteiger partial charge in [-0.1, -0.05) is 33.1 Å². The molecule has 2 heteroatoms. The minimum absolute atomic E-state index is 1.27. The van der Waals surface area contributed by atoms with E-state index < -0.39 is 0 Å². The van der Waals surface area contributed by atoms with Crippen molar-refractivity contribution in [3.63, 3.8) is 0 Å². The number of rotatable bonds is 11. The first-order valence-electron chi connectivity index (χ1n) is 5.89. The number of hydrogen-bond donors (Lipinski definition) is 0. The van der Waals surface area contributed by atoms with E-state index in [1.165, 1.54) is 55.1 Å². The highest BCUT2D eigenvalue weighted by Gasteiger charge is 1.92. The molecule has 0 N–H and O–H groups in total. The first-order valence-corrected chi connectivity index (χ1v) is 8.19. The summed E-state index contributed by atoms with van der Waals surface area (Å²) in [5.41, 5.74) is 0. The van der Waals surface area contributed by atoms with Gasteiger partial charge in [-0.25, -0.2) is 0 Å². The average Bonchev–Trinajstić information content (AvgIpc) is 2.21. The Hall–Kier alpha value is 0.700. The fourth-order valence-corrected chi connectivity index (χ4v) is 2.59. The van der Waals surface area contributed by atoms with Gasteiger partial charge in [0, 0.05) is 0 Å². The summed E-state index contributed by atoms with van der Waals surface area (Å²) < 4.78 is 0. The molecule has 0 amide bonds. The van der Waals surface area contributed by atoms with Crippen molar-refractivity contribution in [3.05, 3.63) is 6.42 Å². The zero-order valence-corrected chi connectivity index (χ0v) is 11.4. The molecular weight excluding hydrogens is 208 g/mol. The van der Waals surface area contributed by atoms with Crippen LogP contribution in [0.5, 0.6) is 0 Å². The number of unbranched alkanes of at least 4 members (excludes halogenated alkanes) is 5. The standard InChI is InChI=1S/C12H25S2/c1-3-13-11-9-7-5-6-8-10-12-14-4-2/h7H,3-6,8-12H2,1-2H3. The fourth-order valence-electron chi connectivity index (χ4n) is 1.27. The summed E-state index contributed by atoms with van der Waals surface area (Å²) in [4.78, 5) is 0. The molecular formula is C12H25S2. The predicted molar refractivity (Wildman–Crippen MR) is 73.4 cm³/mol. The normalized spacial score (nSPS) is 10.7. The van der Waals surface area contributed by atoms with Crippen LogP contribution >= 0.6 is 23.5 Å². The molecule has 0 aliphatic heterocycles. The number of thioether (sulfide) groups is 2. The molecule has 85 valence electrons. The summed E-state index contributed by atoms with van der Waals surface area (Å²) in [5.74, 6) is 5.23. The van der Waals surface area contributed by atoms with Gasteiger partial charge in [-0.3, -0.25) is 0 Å². The zero-order chi connectivity index (χ0) is 10.5. The predicted octanol–water partition coefficient (Wildman–Crippen LogP) is 4.65. The molecule has 0 nitrogen and oxygen atoms in total. The van der Waals surface area contributed by atoms with Crippen LogP contribution in [0.2, 0.25) is 0 Å². The van der Waals surface area contributed by atoms with Crippen molar-refractivity contribution in [3.8, 4) is 0 Å². The van der Waals surface area contributed by atoms with E-state index in [4.69, 9.17) is 0 Å². The lowest BCUT2D eigenvalue weighted by atomic mass is 10.1. The quantitative estimate of drug-likeness (QED) is 0.477. The van der Waals surface area contributed by atoms with E-state index in [9.17, 15) is 0 Å². The molecule has 0 fully saturated rings. The van der Waals surface area contributed by atoms with Crippen molar-refractivity contribution in [2.45, 2.75) is 46.0 Å². The maximum Gasteiger partial charge on any atom is -0.00649 e. The maximum absolute atomic E-state index is 2.47. The van der Waals surface area contributed by atoms with Crippen molar-refractivity contribution >= 4 is 23.5 Å². The minimum atomic E-state index is 1.27. The van der Waals surface area contributed by atoms with Crippen molar-refractivity contribution in [2.75, 3.05) is 23.0 Å². The third-order valence-electron chi connectivity index (χ3n) is 2.07. The van der Waals surface area contributed by atoms with Crippen LogP contribution in [0.4, 0.5) is 0 Å². The molecule has 0 spiro atoms. The first kappa shape index (κ1) is 14.7. The molecule has 0 atom stereocenters. The van der Waals surface area contributed by atoms with Gasteiger partial charge in [0.15, 0.2) is 0 Å². The maximum atomic E-state index is 2.47. The Morgan fingerprint density at radius 1 is 0.786 bits per heavy atom. The Labute approximate surface area is 99.0 Å². The SMILES string of the molecule is CCSCC[CH]CCCCCSCC. The third-order valence-corrected chi connectivity index (χ3v) is 3.99. The summed E-state index contributed by atoms with van der Waals surface area (Å²) in [6, 6.07) is 0. The second-order valence-corrected chi connectivity index (χ2v) is 6.11. The third kappa shape index (κ3) is 12.7. The van der Waals surface area contributed by atoms with E-state index in [1.807, 2.05) is 11.8 Å². The van der Waals surface area contributed by atoms with Gasteiger partial charge in [0.2, 0.25) is 0 Å². The second-order valence-electron chi connectivity index (χ2n) is 3.32.